The molecule has 7 nitrogen and oxygen atoms in total. The fourth-order valence-corrected chi connectivity index (χ4v) is 3.84. The van der Waals surface area contributed by atoms with Crippen LogP contribution in [0.25, 0.3) is 0 Å². The third-order valence-corrected chi connectivity index (χ3v) is 5.46. The minimum atomic E-state index is -0.626. The number of carbonyl (C=O) groups is 2. The van der Waals surface area contributed by atoms with Crippen molar-refractivity contribution in [2.75, 3.05) is 18.4 Å². The Balaban J connectivity index is 1.40. The van der Waals surface area contributed by atoms with Gasteiger partial charge in [0.25, 0.3) is 11.8 Å². The standard InChI is InChI=1S/C22H24N4O3/c1-2-16-6-8-17(9-7-16)21(28)26-12-4-10-22(15-26)13-19(25-29-22)20(27)24-18-5-3-11-23-14-18/h3,5-9,11,14H,2,4,10,12-13,15H2,1H3,(H,24,27)/t22-/m1/s1. The van der Waals surface area contributed by atoms with E-state index in [0.717, 1.165) is 19.3 Å². The highest BCUT2D eigenvalue weighted by atomic mass is 16.7. The first-order valence-electron chi connectivity index (χ1n) is 9.93. The summed E-state index contributed by atoms with van der Waals surface area (Å²) in [6, 6.07) is 11.2. The summed E-state index contributed by atoms with van der Waals surface area (Å²) < 4.78 is 0. The second kappa shape index (κ2) is 8.03. The lowest BCUT2D eigenvalue weighted by Crippen LogP contribution is -2.50. The predicted octanol–water partition coefficient (Wildman–Crippen LogP) is 3.03. The molecule has 1 saturated heterocycles. The molecule has 0 radical (unpaired) electrons. The molecule has 7 heteroatoms. The van der Waals surface area contributed by atoms with Crippen LogP contribution in [0.15, 0.2) is 53.9 Å². The summed E-state index contributed by atoms with van der Waals surface area (Å²) in [5.41, 5.74) is 2.20. The van der Waals surface area contributed by atoms with Gasteiger partial charge in [-0.25, -0.2) is 0 Å². The van der Waals surface area contributed by atoms with E-state index < -0.39 is 5.60 Å². The van der Waals surface area contributed by atoms with Crippen LogP contribution in [-0.2, 0) is 16.1 Å². The highest BCUT2D eigenvalue weighted by Gasteiger charge is 2.45. The number of nitrogens with zero attached hydrogens (tertiary/aromatic N) is 3. The molecule has 1 aromatic heterocycles. The van der Waals surface area contributed by atoms with Crippen LogP contribution in [0.4, 0.5) is 5.69 Å². The number of aryl methyl sites for hydroxylation is 1. The number of anilines is 1. The van der Waals surface area contributed by atoms with Gasteiger partial charge in [-0.2, -0.15) is 0 Å². The van der Waals surface area contributed by atoms with Crippen LogP contribution >= 0.6 is 0 Å². The van der Waals surface area contributed by atoms with Crippen LogP contribution in [0.3, 0.4) is 0 Å². The first-order valence-corrected chi connectivity index (χ1v) is 9.93. The monoisotopic (exact) mass is 392 g/mol. The van der Waals surface area contributed by atoms with E-state index in [1.165, 1.54) is 5.56 Å². The van der Waals surface area contributed by atoms with Gasteiger partial charge < -0.3 is 15.1 Å². The van der Waals surface area contributed by atoms with E-state index >= 15 is 0 Å². The average Bonchev–Trinajstić information content (AvgIpc) is 3.17. The molecule has 2 amide bonds. The Morgan fingerprint density at radius 1 is 1.24 bits per heavy atom. The van der Waals surface area contributed by atoms with Crippen LogP contribution in [-0.4, -0.2) is 46.1 Å². The molecule has 29 heavy (non-hydrogen) atoms. The first-order chi connectivity index (χ1) is 14.1. The SMILES string of the molecule is CCc1ccc(C(=O)N2CCC[C@@]3(CC(C(=O)Nc4cccnc4)=NO3)C2)cc1. The zero-order valence-electron chi connectivity index (χ0n) is 16.4. The first kappa shape index (κ1) is 19.1. The molecule has 2 aliphatic heterocycles. The van der Waals surface area contributed by atoms with Crippen molar-refractivity contribution >= 4 is 23.2 Å². The molecule has 3 heterocycles. The third-order valence-electron chi connectivity index (χ3n) is 5.46. The summed E-state index contributed by atoms with van der Waals surface area (Å²) in [6.45, 7) is 3.19. The number of rotatable bonds is 4. The van der Waals surface area contributed by atoms with Gasteiger partial charge in [-0.15, -0.1) is 0 Å². The molecule has 1 atom stereocenters. The Labute approximate surface area is 169 Å². The molecule has 0 aliphatic carbocycles. The number of hydrogen-bond acceptors (Lipinski definition) is 5. The second-order valence-corrected chi connectivity index (χ2v) is 7.57. The van der Waals surface area contributed by atoms with Gasteiger partial charge in [-0.05, 0) is 49.1 Å². The van der Waals surface area contributed by atoms with Crippen molar-refractivity contribution in [1.29, 1.82) is 0 Å². The van der Waals surface area contributed by atoms with Crippen molar-refractivity contribution in [2.24, 2.45) is 5.16 Å². The normalized spacial score (nSPS) is 20.9. The average molecular weight is 392 g/mol. The molecule has 150 valence electrons. The molecule has 0 unspecified atom stereocenters. The molecule has 1 spiro atoms. The highest BCUT2D eigenvalue weighted by molar-refractivity contribution is 6.43. The van der Waals surface area contributed by atoms with Gasteiger partial charge in [0.2, 0.25) is 0 Å². The summed E-state index contributed by atoms with van der Waals surface area (Å²) in [6.07, 6.45) is 6.12. The van der Waals surface area contributed by atoms with Crippen molar-refractivity contribution in [2.45, 2.75) is 38.2 Å². The quantitative estimate of drug-likeness (QED) is 0.867. The lowest BCUT2D eigenvalue weighted by molar-refractivity contribution is -0.110. The maximum absolute atomic E-state index is 12.9. The Kier molecular flexibility index (Phi) is 5.29. The number of oxime groups is 1. The van der Waals surface area contributed by atoms with Crippen molar-refractivity contribution < 1.29 is 14.4 Å². The molecular weight excluding hydrogens is 368 g/mol. The fourth-order valence-electron chi connectivity index (χ4n) is 3.84. The maximum atomic E-state index is 12.9. The Morgan fingerprint density at radius 2 is 2.07 bits per heavy atom. The largest absolute Gasteiger partial charge is 0.386 e. The number of aromatic nitrogens is 1. The summed E-state index contributed by atoms with van der Waals surface area (Å²) in [7, 11) is 0. The maximum Gasteiger partial charge on any atom is 0.273 e. The Bertz CT molecular complexity index is 927. The van der Waals surface area contributed by atoms with Gasteiger partial charge in [-0.3, -0.25) is 14.6 Å². The van der Waals surface area contributed by atoms with Crippen molar-refractivity contribution in [3.8, 4) is 0 Å². The van der Waals surface area contributed by atoms with Gasteiger partial charge in [0, 0.05) is 24.7 Å². The molecular formula is C22H24N4O3. The molecule has 2 aromatic rings. The lowest BCUT2D eigenvalue weighted by atomic mass is 9.87. The van der Waals surface area contributed by atoms with Gasteiger partial charge in [0.1, 0.15) is 5.71 Å². The van der Waals surface area contributed by atoms with Gasteiger partial charge >= 0.3 is 0 Å². The molecule has 1 fully saturated rings. The Morgan fingerprint density at radius 3 is 2.79 bits per heavy atom. The molecule has 4 rings (SSSR count). The number of nitrogens with one attached hydrogen (secondary N) is 1. The number of piperidine rings is 1. The summed E-state index contributed by atoms with van der Waals surface area (Å²) in [4.78, 5) is 37.0. The van der Waals surface area contributed by atoms with Gasteiger partial charge in [0.15, 0.2) is 5.60 Å². The number of benzene rings is 1. The molecule has 0 saturated carbocycles. The topological polar surface area (TPSA) is 83.9 Å². The zero-order valence-corrected chi connectivity index (χ0v) is 16.4. The van der Waals surface area contributed by atoms with E-state index in [2.05, 4.69) is 22.4 Å². The van der Waals surface area contributed by atoms with Crippen molar-refractivity contribution in [3.63, 3.8) is 0 Å². The molecule has 2 aliphatic rings. The number of hydrogen-bond donors (Lipinski definition) is 1. The van der Waals surface area contributed by atoms with Gasteiger partial charge in [-0.1, -0.05) is 24.2 Å². The van der Waals surface area contributed by atoms with Crippen LogP contribution in [0.1, 0.15) is 42.1 Å². The van der Waals surface area contributed by atoms with E-state index in [-0.39, 0.29) is 11.8 Å². The van der Waals surface area contributed by atoms with E-state index in [9.17, 15) is 9.59 Å². The number of pyridine rings is 1. The minimum absolute atomic E-state index is 0.0106. The van der Waals surface area contributed by atoms with E-state index in [1.54, 1.807) is 24.5 Å². The molecule has 1 aromatic carbocycles. The molecule has 0 bridgehead atoms. The lowest BCUT2D eigenvalue weighted by Gasteiger charge is -2.38. The van der Waals surface area contributed by atoms with Crippen LogP contribution in [0, 0.1) is 0 Å². The minimum Gasteiger partial charge on any atom is -0.386 e. The predicted molar refractivity (Wildman–Crippen MR) is 110 cm³/mol. The fraction of sp³-hybridized carbons (Fsp3) is 0.364. The van der Waals surface area contributed by atoms with Gasteiger partial charge in [0.05, 0.1) is 18.4 Å². The van der Waals surface area contributed by atoms with E-state index in [1.807, 2.05) is 29.2 Å². The van der Waals surface area contributed by atoms with Crippen LogP contribution in [0.5, 0.6) is 0 Å². The third kappa shape index (κ3) is 4.13. The number of carbonyl (C=O) groups excluding carboxylic acids is 2. The van der Waals surface area contributed by atoms with E-state index in [4.69, 9.17) is 4.84 Å². The number of likely N-dealkylation sites (tertiary alicyclic amines) is 1. The summed E-state index contributed by atoms with van der Waals surface area (Å²) in [5.74, 6) is -0.308. The number of amides is 2. The zero-order chi connectivity index (χ0) is 20.3. The summed E-state index contributed by atoms with van der Waals surface area (Å²) in [5, 5.41) is 6.83. The van der Waals surface area contributed by atoms with E-state index in [0.29, 0.717) is 36.5 Å². The van der Waals surface area contributed by atoms with Crippen molar-refractivity contribution in [3.05, 3.63) is 59.9 Å². The molecule has 1 N–H and O–H groups in total. The second-order valence-electron chi connectivity index (χ2n) is 7.57. The smallest absolute Gasteiger partial charge is 0.273 e. The summed E-state index contributed by atoms with van der Waals surface area (Å²) >= 11 is 0. The van der Waals surface area contributed by atoms with Crippen LogP contribution < -0.4 is 5.32 Å². The highest BCUT2D eigenvalue weighted by Crippen LogP contribution is 2.34. The van der Waals surface area contributed by atoms with Crippen LogP contribution in [0.2, 0.25) is 0 Å². The Hall–Kier alpha value is -3.22. The van der Waals surface area contributed by atoms with Crippen molar-refractivity contribution in [1.82, 2.24) is 9.88 Å².